The van der Waals surface area contributed by atoms with Crippen molar-refractivity contribution in [1.82, 2.24) is 14.9 Å². The quantitative estimate of drug-likeness (QED) is 0.749. The van der Waals surface area contributed by atoms with E-state index in [0.29, 0.717) is 43.3 Å². The number of furan rings is 1. The van der Waals surface area contributed by atoms with E-state index in [1.165, 1.54) is 12.6 Å². The molecule has 1 saturated heterocycles. The number of benzene rings is 1. The Morgan fingerprint density at radius 3 is 2.71 bits per heavy atom. The van der Waals surface area contributed by atoms with E-state index >= 15 is 0 Å². The average Bonchev–Trinajstić information content (AvgIpc) is 3.29. The fraction of sp³-hybridized carbons (Fsp3) is 0.200. The van der Waals surface area contributed by atoms with Gasteiger partial charge in [0.05, 0.1) is 17.9 Å². The summed E-state index contributed by atoms with van der Waals surface area (Å²) in [6.45, 7) is 2.53. The standard InChI is InChI=1S/C20H18N6O2/c21-13-15-3-1-4-16(11-15)24-18-12-19(23-14-22-18)25-6-8-26(9-7-25)20(27)17-5-2-10-28-17/h1-5,10-12,14H,6-9H2,(H,22,23,24). The molecule has 28 heavy (non-hydrogen) atoms. The molecule has 0 aliphatic carbocycles. The lowest BCUT2D eigenvalue weighted by Gasteiger charge is -2.35. The van der Waals surface area contributed by atoms with Gasteiger partial charge in [0, 0.05) is 37.9 Å². The SMILES string of the molecule is N#Cc1cccc(Nc2cc(N3CCN(C(=O)c4ccco4)CC3)ncn2)c1. The lowest BCUT2D eigenvalue weighted by molar-refractivity contribution is 0.0714. The van der Waals surface area contributed by atoms with Crippen LogP contribution in [0.2, 0.25) is 0 Å². The molecule has 2 aromatic heterocycles. The molecule has 0 saturated carbocycles. The summed E-state index contributed by atoms with van der Waals surface area (Å²) in [5.41, 5.74) is 1.37. The molecule has 8 heteroatoms. The monoisotopic (exact) mass is 374 g/mol. The van der Waals surface area contributed by atoms with Gasteiger partial charge in [-0.1, -0.05) is 6.07 Å². The lowest BCUT2D eigenvalue weighted by atomic mass is 10.2. The topological polar surface area (TPSA) is 98.3 Å². The van der Waals surface area contributed by atoms with Gasteiger partial charge in [-0.2, -0.15) is 5.26 Å². The summed E-state index contributed by atoms with van der Waals surface area (Å²) in [6, 6.07) is 14.6. The minimum atomic E-state index is -0.0907. The molecular formula is C20H18N6O2. The maximum Gasteiger partial charge on any atom is 0.289 e. The Morgan fingerprint density at radius 1 is 1.11 bits per heavy atom. The molecule has 4 rings (SSSR count). The highest BCUT2D eigenvalue weighted by Gasteiger charge is 2.24. The van der Waals surface area contributed by atoms with Crippen LogP contribution in [-0.4, -0.2) is 47.0 Å². The molecule has 1 aliphatic heterocycles. The van der Waals surface area contributed by atoms with Gasteiger partial charge in [-0.05, 0) is 30.3 Å². The zero-order valence-electron chi connectivity index (χ0n) is 15.1. The number of hydrogen-bond acceptors (Lipinski definition) is 7. The van der Waals surface area contributed by atoms with Crippen molar-refractivity contribution >= 4 is 23.2 Å². The second kappa shape index (κ2) is 7.80. The fourth-order valence-corrected chi connectivity index (χ4v) is 3.10. The summed E-state index contributed by atoms with van der Waals surface area (Å²) >= 11 is 0. The van der Waals surface area contributed by atoms with Crippen LogP contribution < -0.4 is 10.2 Å². The van der Waals surface area contributed by atoms with Crippen LogP contribution in [0.5, 0.6) is 0 Å². The maximum atomic E-state index is 12.4. The number of nitriles is 1. The Morgan fingerprint density at radius 2 is 1.96 bits per heavy atom. The summed E-state index contributed by atoms with van der Waals surface area (Å²) in [5.74, 6) is 1.71. The minimum Gasteiger partial charge on any atom is -0.459 e. The largest absolute Gasteiger partial charge is 0.459 e. The Labute approximate surface area is 162 Å². The molecule has 1 N–H and O–H groups in total. The Kier molecular flexibility index (Phi) is 4.89. The van der Waals surface area contributed by atoms with Gasteiger partial charge >= 0.3 is 0 Å². The van der Waals surface area contributed by atoms with Gasteiger partial charge in [0.1, 0.15) is 18.0 Å². The third-order valence-corrected chi connectivity index (χ3v) is 4.54. The normalized spacial score (nSPS) is 13.8. The Hall–Kier alpha value is -3.86. The molecule has 0 atom stereocenters. The number of hydrogen-bond donors (Lipinski definition) is 1. The van der Waals surface area contributed by atoms with Crippen LogP contribution >= 0.6 is 0 Å². The van der Waals surface area contributed by atoms with E-state index in [0.717, 1.165) is 11.5 Å². The third kappa shape index (κ3) is 3.78. The number of nitrogens with zero attached hydrogens (tertiary/aromatic N) is 5. The summed E-state index contributed by atoms with van der Waals surface area (Å²) in [5, 5.41) is 12.2. The van der Waals surface area contributed by atoms with Gasteiger partial charge in [-0.25, -0.2) is 9.97 Å². The molecule has 3 aromatic rings. The van der Waals surface area contributed by atoms with Crippen molar-refractivity contribution in [2.45, 2.75) is 0 Å². The van der Waals surface area contributed by atoms with Crippen molar-refractivity contribution in [2.75, 3.05) is 36.4 Å². The first-order valence-electron chi connectivity index (χ1n) is 8.90. The molecule has 0 spiro atoms. The summed E-state index contributed by atoms with van der Waals surface area (Å²) in [6.07, 6.45) is 3.01. The first-order valence-corrected chi connectivity index (χ1v) is 8.90. The molecule has 1 aliphatic rings. The predicted octanol–water partition coefficient (Wildman–Crippen LogP) is 2.65. The molecule has 3 heterocycles. The summed E-state index contributed by atoms with van der Waals surface area (Å²) in [4.78, 5) is 24.9. The van der Waals surface area contributed by atoms with Crippen LogP contribution in [0.15, 0.2) is 59.5 Å². The number of nitrogens with one attached hydrogen (secondary N) is 1. The van der Waals surface area contributed by atoms with E-state index in [9.17, 15) is 4.79 Å². The van der Waals surface area contributed by atoms with Crippen molar-refractivity contribution in [1.29, 1.82) is 5.26 Å². The highest BCUT2D eigenvalue weighted by molar-refractivity contribution is 5.91. The van der Waals surface area contributed by atoms with E-state index in [1.807, 2.05) is 18.2 Å². The maximum absolute atomic E-state index is 12.4. The van der Waals surface area contributed by atoms with Crippen LogP contribution in [0.3, 0.4) is 0 Å². The van der Waals surface area contributed by atoms with Crippen LogP contribution in [-0.2, 0) is 0 Å². The summed E-state index contributed by atoms with van der Waals surface area (Å²) < 4.78 is 5.19. The van der Waals surface area contributed by atoms with E-state index in [-0.39, 0.29) is 5.91 Å². The number of rotatable bonds is 4. The van der Waals surface area contributed by atoms with E-state index < -0.39 is 0 Å². The van der Waals surface area contributed by atoms with E-state index in [2.05, 4.69) is 26.3 Å². The molecule has 1 fully saturated rings. The highest BCUT2D eigenvalue weighted by Crippen LogP contribution is 2.21. The highest BCUT2D eigenvalue weighted by atomic mass is 16.3. The number of carbonyl (C=O) groups is 1. The molecular weight excluding hydrogens is 356 g/mol. The molecule has 0 unspecified atom stereocenters. The molecule has 1 aromatic carbocycles. The average molecular weight is 374 g/mol. The van der Waals surface area contributed by atoms with Gasteiger partial charge in [0.2, 0.25) is 0 Å². The molecule has 140 valence electrons. The van der Waals surface area contributed by atoms with Crippen LogP contribution in [0.25, 0.3) is 0 Å². The zero-order valence-corrected chi connectivity index (χ0v) is 15.1. The zero-order chi connectivity index (χ0) is 19.3. The summed E-state index contributed by atoms with van der Waals surface area (Å²) in [7, 11) is 0. The predicted molar refractivity (Wildman–Crippen MR) is 103 cm³/mol. The van der Waals surface area contributed by atoms with Gasteiger partial charge in [0.25, 0.3) is 5.91 Å². The molecule has 0 radical (unpaired) electrons. The third-order valence-electron chi connectivity index (χ3n) is 4.54. The Balaban J connectivity index is 1.41. The molecule has 8 nitrogen and oxygen atoms in total. The van der Waals surface area contributed by atoms with Crippen LogP contribution in [0.4, 0.5) is 17.3 Å². The van der Waals surface area contributed by atoms with Crippen molar-refractivity contribution in [3.8, 4) is 6.07 Å². The first-order chi connectivity index (χ1) is 13.7. The van der Waals surface area contributed by atoms with Crippen molar-refractivity contribution in [2.24, 2.45) is 0 Å². The first kappa shape index (κ1) is 17.5. The van der Waals surface area contributed by atoms with Gasteiger partial charge in [-0.15, -0.1) is 0 Å². The smallest absolute Gasteiger partial charge is 0.289 e. The van der Waals surface area contributed by atoms with E-state index in [1.54, 1.807) is 29.2 Å². The number of anilines is 3. The van der Waals surface area contributed by atoms with Crippen molar-refractivity contribution in [3.63, 3.8) is 0 Å². The second-order valence-electron chi connectivity index (χ2n) is 6.34. The number of piperazine rings is 1. The van der Waals surface area contributed by atoms with Crippen molar-refractivity contribution < 1.29 is 9.21 Å². The van der Waals surface area contributed by atoms with Crippen molar-refractivity contribution in [3.05, 3.63) is 66.4 Å². The molecule has 1 amide bonds. The minimum absolute atomic E-state index is 0.0907. The number of aromatic nitrogens is 2. The van der Waals surface area contributed by atoms with Gasteiger partial charge < -0.3 is 19.5 Å². The van der Waals surface area contributed by atoms with E-state index in [4.69, 9.17) is 9.68 Å². The van der Waals surface area contributed by atoms with Gasteiger partial charge in [-0.3, -0.25) is 4.79 Å². The fourth-order valence-electron chi connectivity index (χ4n) is 3.10. The molecule has 0 bridgehead atoms. The number of amides is 1. The number of carbonyl (C=O) groups excluding carboxylic acids is 1. The second-order valence-corrected chi connectivity index (χ2v) is 6.34. The van der Waals surface area contributed by atoms with Gasteiger partial charge in [0.15, 0.2) is 5.76 Å². The van der Waals surface area contributed by atoms with Crippen LogP contribution in [0.1, 0.15) is 16.1 Å². The lowest BCUT2D eigenvalue weighted by Crippen LogP contribution is -2.49. The van der Waals surface area contributed by atoms with Crippen LogP contribution in [0, 0.1) is 11.3 Å². The Bertz CT molecular complexity index is 1000.